The van der Waals surface area contributed by atoms with E-state index in [1.54, 1.807) is 0 Å². The van der Waals surface area contributed by atoms with Crippen LogP contribution in [0.4, 0.5) is 0 Å². The molecule has 3 rings (SSSR count). The summed E-state index contributed by atoms with van der Waals surface area (Å²) in [6.45, 7) is 6.83. The van der Waals surface area contributed by atoms with Crippen molar-refractivity contribution in [3.05, 3.63) is 66.7 Å². The minimum Gasteiger partial charge on any atom is -0.494 e. The van der Waals surface area contributed by atoms with Gasteiger partial charge in [0.25, 0.3) is 0 Å². The first-order chi connectivity index (χ1) is 13.7. The molecule has 0 spiro atoms. The second kappa shape index (κ2) is 10.1. The predicted molar refractivity (Wildman–Crippen MR) is 114 cm³/mol. The van der Waals surface area contributed by atoms with Gasteiger partial charge < -0.3 is 9.47 Å². The summed E-state index contributed by atoms with van der Waals surface area (Å²) in [5, 5.41) is 0. The van der Waals surface area contributed by atoms with Gasteiger partial charge in [-0.1, -0.05) is 49.9 Å². The molecule has 0 aliphatic heterocycles. The first kappa shape index (κ1) is 20.2. The van der Waals surface area contributed by atoms with Gasteiger partial charge in [0.2, 0.25) is 0 Å². The lowest BCUT2D eigenvalue weighted by molar-refractivity contribution is -0.139. The Kier molecular flexibility index (Phi) is 7.30. The Morgan fingerprint density at radius 2 is 1.61 bits per heavy atom. The lowest BCUT2D eigenvalue weighted by Crippen LogP contribution is -2.19. The summed E-state index contributed by atoms with van der Waals surface area (Å²) in [6.07, 6.45) is 6.77. The number of benzene rings is 2. The Balaban J connectivity index is 1.53. The van der Waals surface area contributed by atoms with Crippen LogP contribution in [0.5, 0.6) is 5.75 Å². The number of rotatable bonds is 8. The van der Waals surface area contributed by atoms with Gasteiger partial charge in [-0.25, -0.2) is 4.79 Å². The Bertz CT molecular complexity index is 753. The molecule has 0 unspecified atom stereocenters. The lowest BCUT2D eigenvalue weighted by Gasteiger charge is -2.28. The minimum atomic E-state index is -0.317. The highest BCUT2D eigenvalue weighted by Crippen LogP contribution is 2.36. The van der Waals surface area contributed by atoms with Crippen LogP contribution in [0, 0.1) is 5.92 Å². The topological polar surface area (TPSA) is 35.5 Å². The smallest absolute Gasteiger partial charge is 0.330 e. The quantitative estimate of drug-likeness (QED) is 0.408. The van der Waals surface area contributed by atoms with Crippen LogP contribution in [0.25, 0.3) is 11.1 Å². The van der Waals surface area contributed by atoms with Crippen molar-refractivity contribution in [3.8, 4) is 16.9 Å². The van der Waals surface area contributed by atoms with Crippen LogP contribution >= 0.6 is 0 Å². The molecule has 1 aliphatic rings. The van der Waals surface area contributed by atoms with Crippen molar-refractivity contribution in [3.63, 3.8) is 0 Å². The summed E-state index contributed by atoms with van der Waals surface area (Å²) < 4.78 is 10.9. The summed E-state index contributed by atoms with van der Waals surface area (Å²) in [4.78, 5) is 11.2. The molecule has 1 aliphatic carbocycles. The van der Waals surface area contributed by atoms with Crippen LogP contribution in [0.1, 0.15) is 50.5 Å². The zero-order valence-corrected chi connectivity index (χ0v) is 16.7. The molecule has 148 valence electrons. The summed E-state index contributed by atoms with van der Waals surface area (Å²) in [5.74, 6) is 1.69. The van der Waals surface area contributed by atoms with Crippen LogP contribution < -0.4 is 4.74 Å². The molecule has 0 N–H and O–H groups in total. The van der Waals surface area contributed by atoms with E-state index in [9.17, 15) is 4.79 Å². The van der Waals surface area contributed by atoms with Gasteiger partial charge in [-0.3, -0.25) is 0 Å². The molecule has 2 aromatic rings. The maximum Gasteiger partial charge on any atom is 0.330 e. The van der Waals surface area contributed by atoms with Crippen LogP contribution in [0.15, 0.2) is 61.2 Å². The summed E-state index contributed by atoms with van der Waals surface area (Å²) >= 11 is 0. The van der Waals surface area contributed by atoms with E-state index in [1.165, 1.54) is 22.8 Å². The second-order valence-electron chi connectivity index (χ2n) is 7.55. The van der Waals surface area contributed by atoms with E-state index in [1.807, 2.05) is 12.1 Å². The highest BCUT2D eigenvalue weighted by Gasteiger charge is 2.23. The molecule has 0 saturated heterocycles. The van der Waals surface area contributed by atoms with Crippen molar-refractivity contribution in [1.29, 1.82) is 0 Å². The van der Waals surface area contributed by atoms with Crippen molar-refractivity contribution in [2.45, 2.75) is 44.9 Å². The average Bonchev–Trinajstić information content (AvgIpc) is 2.77. The third-order valence-electron chi connectivity index (χ3n) is 5.52. The molecule has 0 aromatic heterocycles. The third-order valence-corrected chi connectivity index (χ3v) is 5.52. The maximum atomic E-state index is 11.2. The van der Waals surface area contributed by atoms with Gasteiger partial charge in [-0.05, 0) is 72.8 Å². The summed E-state index contributed by atoms with van der Waals surface area (Å²) in [7, 11) is 0. The molecule has 0 amide bonds. The Hall–Kier alpha value is -2.55. The highest BCUT2D eigenvalue weighted by molar-refractivity contribution is 5.81. The summed E-state index contributed by atoms with van der Waals surface area (Å²) in [6, 6.07) is 17.3. The first-order valence-corrected chi connectivity index (χ1v) is 10.3. The minimum absolute atomic E-state index is 0.317. The molecule has 0 bridgehead atoms. The van der Waals surface area contributed by atoms with Crippen LogP contribution in [-0.4, -0.2) is 19.2 Å². The molecule has 0 atom stereocenters. The molecular weight excluding hydrogens is 348 g/mol. The largest absolute Gasteiger partial charge is 0.494 e. The molecule has 1 saturated carbocycles. The van der Waals surface area contributed by atoms with Gasteiger partial charge in [0.05, 0.1) is 13.2 Å². The molecule has 0 radical (unpaired) electrons. The molecular formula is C25H30O3. The van der Waals surface area contributed by atoms with Crippen molar-refractivity contribution in [2.24, 2.45) is 5.92 Å². The van der Waals surface area contributed by atoms with Gasteiger partial charge in [0, 0.05) is 6.08 Å². The normalized spacial score (nSPS) is 19.0. The van der Waals surface area contributed by atoms with Crippen molar-refractivity contribution in [2.75, 3.05) is 13.2 Å². The number of hydrogen-bond donors (Lipinski definition) is 0. The maximum absolute atomic E-state index is 11.2. The van der Waals surface area contributed by atoms with E-state index >= 15 is 0 Å². The molecule has 3 heteroatoms. The zero-order valence-electron chi connectivity index (χ0n) is 16.7. The number of carbonyl (C=O) groups is 1. The van der Waals surface area contributed by atoms with Crippen molar-refractivity contribution in [1.82, 2.24) is 0 Å². The Morgan fingerprint density at radius 3 is 2.18 bits per heavy atom. The average molecular weight is 379 g/mol. The monoisotopic (exact) mass is 378 g/mol. The Labute approximate surface area is 168 Å². The number of esters is 1. The number of carbonyl (C=O) groups excluding carboxylic acids is 1. The van der Waals surface area contributed by atoms with E-state index in [-0.39, 0.29) is 5.97 Å². The Morgan fingerprint density at radius 1 is 1.00 bits per heavy atom. The van der Waals surface area contributed by atoms with Crippen LogP contribution in [0.2, 0.25) is 0 Å². The molecule has 28 heavy (non-hydrogen) atoms. The highest BCUT2D eigenvalue weighted by atomic mass is 16.5. The number of hydrogen-bond acceptors (Lipinski definition) is 3. The molecule has 1 fully saturated rings. The molecule has 0 heterocycles. The standard InChI is InChI=1S/C25H30O3/c1-3-17-27-24-15-13-23(14-16-24)22-11-9-21(10-12-22)20-7-5-19(6-8-20)18-28-25(26)4-2/h4,9-16,19-20H,2-3,5-8,17-18H2,1H3. The van der Waals surface area contributed by atoms with Gasteiger partial charge in [-0.15, -0.1) is 0 Å². The third kappa shape index (κ3) is 5.48. The van der Waals surface area contributed by atoms with E-state index in [4.69, 9.17) is 9.47 Å². The lowest BCUT2D eigenvalue weighted by atomic mass is 9.79. The van der Waals surface area contributed by atoms with Crippen molar-refractivity contribution >= 4 is 5.97 Å². The SMILES string of the molecule is C=CC(=O)OCC1CCC(c2ccc(-c3ccc(OCCC)cc3)cc2)CC1. The fourth-order valence-corrected chi connectivity index (χ4v) is 3.83. The molecule has 2 aromatic carbocycles. The van der Waals surface area contributed by atoms with Gasteiger partial charge in [0.1, 0.15) is 5.75 Å². The fourth-order valence-electron chi connectivity index (χ4n) is 3.83. The van der Waals surface area contributed by atoms with Crippen molar-refractivity contribution < 1.29 is 14.3 Å². The summed E-state index contributed by atoms with van der Waals surface area (Å²) in [5.41, 5.74) is 3.85. The zero-order chi connectivity index (χ0) is 19.8. The van der Waals surface area contributed by atoms with E-state index in [0.29, 0.717) is 18.4 Å². The fraction of sp³-hybridized carbons (Fsp3) is 0.400. The van der Waals surface area contributed by atoms with Gasteiger partial charge in [0.15, 0.2) is 0 Å². The van der Waals surface area contributed by atoms with E-state index < -0.39 is 0 Å². The van der Waals surface area contributed by atoms with Crippen LogP contribution in [-0.2, 0) is 9.53 Å². The first-order valence-electron chi connectivity index (χ1n) is 10.3. The second-order valence-corrected chi connectivity index (χ2v) is 7.55. The molecule has 3 nitrogen and oxygen atoms in total. The van der Waals surface area contributed by atoms with Crippen LogP contribution in [0.3, 0.4) is 0 Å². The van der Waals surface area contributed by atoms with Gasteiger partial charge in [-0.2, -0.15) is 0 Å². The van der Waals surface area contributed by atoms with E-state index in [2.05, 4.69) is 49.9 Å². The van der Waals surface area contributed by atoms with E-state index in [0.717, 1.165) is 44.5 Å². The van der Waals surface area contributed by atoms with Gasteiger partial charge >= 0.3 is 5.97 Å². The number of ether oxygens (including phenoxy) is 2. The predicted octanol–water partition coefficient (Wildman–Crippen LogP) is 6.15.